The van der Waals surface area contributed by atoms with E-state index in [0.717, 1.165) is 6.42 Å². The van der Waals surface area contributed by atoms with E-state index in [2.05, 4.69) is 4.90 Å². The Kier molecular flexibility index (Phi) is 5.68. The summed E-state index contributed by atoms with van der Waals surface area (Å²) in [5.74, 6) is 0.685. The molecular formula is C15H30N2O3S. The van der Waals surface area contributed by atoms with Gasteiger partial charge in [-0.2, -0.15) is 4.31 Å². The van der Waals surface area contributed by atoms with Crippen LogP contribution in [0.5, 0.6) is 0 Å². The minimum absolute atomic E-state index is 0.0186. The zero-order valence-corrected chi connectivity index (χ0v) is 14.3. The van der Waals surface area contributed by atoms with E-state index >= 15 is 0 Å². The van der Waals surface area contributed by atoms with Crippen molar-refractivity contribution < 1.29 is 13.5 Å². The molecule has 0 bridgehead atoms. The maximum Gasteiger partial charge on any atom is 0.211 e. The van der Waals surface area contributed by atoms with Gasteiger partial charge in [0.25, 0.3) is 0 Å². The molecule has 0 aromatic heterocycles. The molecule has 6 heteroatoms. The third kappa shape index (κ3) is 4.65. The van der Waals surface area contributed by atoms with Crippen LogP contribution in [-0.4, -0.2) is 66.8 Å². The minimum Gasteiger partial charge on any atom is -0.392 e. The first-order valence-electron chi connectivity index (χ1n) is 8.16. The monoisotopic (exact) mass is 318 g/mol. The van der Waals surface area contributed by atoms with E-state index in [9.17, 15) is 13.5 Å². The Hall–Kier alpha value is -0.170. The van der Waals surface area contributed by atoms with Gasteiger partial charge in [-0.15, -0.1) is 0 Å². The van der Waals surface area contributed by atoms with Gasteiger partial charge < -0.3 is 5.11 Å². The summed E-state index contributed by atoms with van der Waals surface area (Å²) >= 11 is 0. The largest absolute Gasteiger partial charge is 0.392 e. The lowest BCUT2D eigenvalue weighted by Crippen LogP contribution is -2.58. The van der Waals surface area contributed by atoms with E-state index < -0.39 is 10.0 Å². The molecule has 0 amide bonds. The number of rotatable bonds is 5. The smallest absolute Gasteiger partial charge is 0.211 e. The number of β-amino-alcohol motifs (C(OH)–C–C–N with tert-alkyl or cyclic N) is 1. The van der Waals surface area contributed by atoms with Crippen molar-refractivity contribution in [2.45, 2.75) is 64.1 Å². The second-order valence-corrected chi connectivity index (χ2v) is 8.96. The van der Waals surface area contributed by atoms with Gasteiger partial charge in [0.15, 0.2) is 0 Å². The molecule has 1 aliphatic heterocycles. The fourth-order valence-electron chi connectivity index (χ4n) is 3.86. The van der Waals surface area contributed by atoms with Crippen LogP contribution in [-0.2, 0) is 10.0 Å². The number of piperazine rings is 1. The summed E-state index contributed by atoms with van der Waals surface area (Å²) < 4.78 is 25.1. The topological polar surface area (TPSA) is 60.9 Å². The van der Waals surface area contributed by atoms with E-state index in [-0.39, 0.29) is 18.2 Å². The average Bonchev–Trinajstić information content (AvgIpc) is 2.84. The van der Waals surface area contributed by atoms with Gasteiger partial charge in [0, 0.05) is 31.7 Å². The standard InChI is InChI=1S/C15H30N2O3S/c1-12-10-17(21(3,19)20)13(2)9-16(12)11-15(18)8-14-6-4-5-7-14/h12-15,18H,4-11H2,1-3H3/t12-,13-,15-/m1/s1. The molecule has 2 rings (SSSR count). The molecule has 0 radical (unpaired) electrons. The van der Waals surface area contributed by atoms with Gasteiger partial charge in [0.1, 0.15) is 0 Å². The first-order valence-corrected chi connectivity index (χ1v) is 10.0. The summed E-state index contributed by atoms with van der Waals surface area (Å²) in [5.41, 5.74) is 0. The first kappa shape index (κ1) is 17.2. The highest BCUT2D eigenvalue weighted by molar-refractivity contribution is 7.88. The molecule has 1 N–H and O–H groups in total. The molecule has 3 atom stereocenters. The Labute approximate surface area is 129 Å². The molecule has 1 saturated heterocycles. The van der Waals surface area contributed by atoms with Crippen molar-refractivity contribution in [1.29, 1.82) is 0 Å². The normalized spacial score (nSPS) is 31.6. The number of aliphatic hydroxyl groups is 1. The van der Waals surface area contributed by atoms with Gasteiger partial charge in [0.2, 0.25) is 10.0 Å². The van der Waals surface area contributed by atoms with Crippen LogP contribution in [0.1, 0.15) is 46.0 Å². The van der Waals surface area contributed by atoms with Crippen LogP contribution in [0.3, 0.4) is 0 Å². The summed E-state index contributed by atoms with van der Waals surface area (Å²) in [6.45, 7) is 5.89. The van der Waals surface area contributed by atoms with Crippen molar-refractivity contribution in [1.82, 2.24) is 9.21 Å². The van der Waals surface area contributed by atoms with E-state index in [0.29, 0.717) is 25.6 Å². The molecule has 124 valence electrons. The van der Waals surface area contributed by atoms with Gasteiger partial charge >= 0.3 is 0 Å². The van der Waals surface area contributed by atoms with Gasteiger partial charge in [-0.1, -0.05) is 25.7 Å². The van der Waals surface area contributed by atoms with Crippen molar-refractivity contribution in [2.75, 3.05) is 25.9 Å². The van der Waals surface area contributed by atoms with E-state index in [4.69, 9.17) is 0 Å². The molecular weight excluding hydrogens is 288 g/mol. The SMILES string of the molecule is C[C@@H]1CN(S(C)(=O)=O)[C@H](C)CN1C[C@H](O)CC1CCCC1. The van der Waals surface area contributed by atoms with Gasteiger partial charge in [-0.25, -0.2) is 8.42 Å². The summed E-state index contributed by atoms with van der Waals surface area (Å²) in [6, 6.07) is 0.143. The lowest BCUT2D eigenvalue weighted by atomic mass is 9.99. The maximum atomic E-state index is 11.8. The number of nitrogens with zero attached hydrogens (tertiary/aromatic N) is 2. The summed E-state index contributed by atoms with van der Waals surface area (Å²) in [6.07, 6.45) is 7.01. The van der Waals surface area contributed by atoms with Gasteiger partial charge in [-0.3, -0.25) is 4.90 Å². The molecule has 1 saturated carbocycles. The third-order valence-electron chi connectivity index (χ3n) is 5.01. The van der Waals surface area contributed by atoms with Crippen LogP contribution < -0.4 is 0 Å². The number of hydrogen-bond acceptors (Lipinski definition) is 4. The highest BCUT2D eigenvalue weighted by Crippen LogP contribution is 2.29. The quantitative estimate of drug-likeness (QED) is 0.829. The Morgan fingerprint density at radius 3 is 2.33 bits per heavy atom. The number of sulfonamides is 1. The van der Waals surface area contributed by atoms with Crippen LogP contribution in [0.2, 0.25) is 0 Å². The summed E-state index contributed by atoms with van der Waals surface area (Å²) in [5, 5.41) is 10.3. The predicted molar refractivity (Wildman–Crippen MR) is 84.6 cm³/mol. The molecule has 0 spiro atoms. The molecule has 2 fully saturated rings. The lowest BCUT2D eigenvalue weighted by molar-refractivity contribution is 0.0339. The second-order valence-electron chi connectivity index (χ2n) is 7.02. The van der Waals surface area contributed by atoms with Crippen molar-refractivity contribution in [3.63, 3.8) is 0 Å². The Balaban J connectivity index is 1.86. The maximum absolute atomic E-state index is 11.8. The number of hydrogen-bond donors (Lipinski definition) is 1. The highest BCUT2D eigenvalue weighted by Gasteiger charge is 2.34. The fraction of sp³-hybridized carbons (Fsp3) is 1.00. The van der Waals surface area contributed by atoms with Crippen LogP contribution in [0.25, 0.3) is 0 Å². The van der Waals surface area contributed by atoms with E-state index in [1.54, 1.807) is 4.31 Å². The van der Waals surface area contributed by atoms with Gasteiger partial charge in [-0.05, 0) is 26.2 Å². The molecule has 0 unspecified atom stereocenters. The number of aliphatic hydroxyl groups excluding tert-OH is 1. The van der Waals surface area contributed by atoms with Crippen molar-refractivity contribution in [3.8, 4) is 0 Å². The Morgan fingerprint density at radius 1 is 1.14 bits per heavy atom. The third-order valence-corrected chi connectivity index (χ3v) is 6.37. The average molecular weight is 318 g/mol. The Morgan fingerprint density at radius 2 is 1.76 bits per heavy atom. The highest BCUT2D eigenvalue weighted by atomic mass is 32.2. The molecule has 1 heterocycles. The van der Waals surface area contributed by atoms with Crippen molar-refractivity contribution in [2.24, 2.45) is 5.92 Å². The molecule has 21 heavy (non-hydrogen) atoms. The molecule has 2 aliphatic rings. The van der Waals surface area contributed by atoms with Crippen LogP contribution in [0.4, 0.5) is 0 Å². The molecule has 1 aliphatic carbocycles. The zero-order chi connectivity index (χ0) is 15.6. The van der Waals surface area contributed by atoms with E-state index in [1.807, 2.05) is 13.8 Å². The van der Waals surface area contributed by atoms with Crippen molar-refractivity contribution >= 4 is 10.0 Å². The summed E-state index contributed by atoms with van der Waals surface area (Å²) in [7, 11) is -3.13. The molecule has 0 aromatic rings. The van der Waals surface area contributed by atoms with Gasteiger partial charge in [0.05, 0.1) is 12.4 Å². The Bertz CT molecular complexity index is 434. The zero-order valence-electron chi connectivity index (χ0n) is 13.5. The second kappa shape index (κ2) is 6.94. The van der Waals surface area contributed by atoms with Crippen LogP contribution in [0, 0.1) is 5.92 Å². The molecule has 0 aromatic carbocycles. The summed E-state index contributed by atoms with van der Waals surface area (Å²) in [4.78, 5) is 2.24. The first-order chi connectivity index (χ1) is 9.77. The van der Waals surface area contributed by atoms with E-state index in [1.165, 1.54) is 31.9 Å². The lowest BCUT2D eigenvalue weighted by Gasteiger charge is -2.43. The predicted octanol–water partition coefficient (Wildman–Crippen LogP) is 1.28. The fourth-order valence-corrected chi connectivity index (χ4v) is 5.07. The van der Waals surface area contributed by atoms with Crippen LogP contribution in [0.15, 0.2) is 0 Å². The minimum atomic E-state index is -3.13. The molecule has 5 nitrogen and oxygen atoms in total. The van der Waals surface area contributed by atoms with Crippen molar-refractivity contribution in [3.05, 3.63) is 0 Å². The van der Waals surface area contributed by atoms with Crippen LogP contribution >= 0.6 is 0 Å².